The predicted molar refractivity (Wildman–Crippen MR) is 107 cm³/mol. The number of nitrogens with one attached hydrogen (secondary N) is 1. The van der Waals surface area contributed by atoms with Crippen LogP contribution < -0.4 is 5.32 Å². The largest absolute Gasteiger partial charge is 0.352 e. The van der Waals surface area contributed by atoms with Crippen LogP contribution in [0, 0.1) is 5.92 Å². The van der Waals surface area contributed by atoms with Gasteiger partial charge in [0.25, 0.3) is 5.91 Å². The van der Waals surface area contributed by atoms with Crippen LogP contribution in [0.5, 0.6) is 0 Å². The van der Waals surface area contributed by atoms with E-state index in [-0.39, 0.29) is 5.91 Å². The number of nitrogens with zero attached hydrogens (tertiary/aromatic N) is 1. The van der Waals surface area contributed by atoms with E-state index in [1.807, 2.05) is 18.2 Å². The average Bonchev–Trinajstić information content (AvgIpc) is 2.66. The third-order valence-electron chi connectivity index (χ3n) is 5.13. The summed E-state index contributed by atoms with van der Waals surface area (Å²) in [5, 5.41) is 3.03. The molecular formula is C23H30N2O. The van der Waals surface area contributed by atoms with E-state index in [9.17, 15) is 4.79 Å². The molecule has 1 aliphatic heterocycles. The van der Waals surface area contributed by atoms with E-state index in [1.54, 1.807) is 0 Å². The molecule has 26 heavy (non-hydrogen) atoms. The van der Waals surface area contributed by atoms with Crippen LogP contribution >= 0.6 is 0 Å². The van der Waals surface area contributed by atoms with Crippen LogP contribution in [0.15, 0.2) is 54.6 Å². The van der Waals surface area contributed by atoms with E-state index in [0.717, 1.165) is 30.9 Å². The summed E-state index contributed by atoms with van der Waals surface area (Å²) in [5.74, 6) is 0.820. The molecule has 1 fully saturated rings. The molecule has 0 aromatic heterocycles. The highest BCUT2D eigenvalue weighted by molar-refractivity contribution is 5.94. The van der Waals surface area contributed by atoms with E-state index in [4.69, 9.17) is 0 Å². The Morgan fingerprint density at radius 1 is 1.08 bits per heavy atom. The minimum atomic E-state index is 0.0243. The normalized spacial score (nSPS) is 17.8. The van der Waals surface area contributed by atoms with Crippen LogP contribution in [0.25, 0.3) is 0 Å². The summed E-state index contributed by atoms with van der Waals surface area (Å²) < 4.78 is 0. The van der Waals surface area contributed by atoms with Crippen molar-refractivity contribution >= 4 is 5.91 Å². The summed E-state index contributed by atoms with van der Waals surface area (Å²) in [6, 6.07) is 18.5. The molecule has 3 nitrogen and oxygen atoms in total. The molecule has 3 rings (SSSR count). The number of rotatable bonds is 7. The minimum Gasteiger partial charge on any atom is -0.352 e. The molecule has 0 unspecified atom stereocenters. The lowest BCUT2D eigenvalue weighted by Gasteiger charge is -2.30. The van der Waals surface area contributed by atoms with Gasteiger partial charge in [0.15, 0.2) is 0 Å². The Morgan fingerprint density at radius 3 is 2.58 bits per heavy atom. The van der Waals surface area contributed by atoms with E-state index in [1.165, 1.54) is 37.1 Å². The van der Waals surface area contributed by atoms with E-state index < -0.39 is 0 Å². The molecule has 1 atom stereocenters. The molecule has 138 valence electrons. The van der Waals surface area contributed by atoms with Gasteiger partial charge in [-0.05, 0) is 61.4 Å². The number of aryl methyl sites for hydroxylation is 1. The Labute approximate surface area is 157 Å². The number of hydrogen-bond acceptors (Lipinski definition) is 2. The van der Waals surface area contributed by atoms with Crippen LogP contribution in [0.4, 0.5) is 0 Å². The molecule has 1 heterocycles. The zero-order valence-electron chi connectivity index (χ0n) is 15.8. The van der Waals surface area contributed by atoms with E-state index in [0.29, 0.717) is 6.54 Å². The Hall–Kier alpha value is -2.13. The third kappa shape index (κ3) is 5.70. The summed E-state index contributed by atoms with van der Waals surface area (Å²) in [4.78, 5) is 14.8. The van der Waals surface area contributed by atoms with Gasteiger partial charge in [-0.25, -0.2) is 0 Å². The zero-order chi connectivity index (χ0) is 18.2. The number of amides is 1. The van der Waals surface area contributed by atoms with Gasteiger partial charge >= 0.3 is 0 Å². The number of piperidine rings is 1. The van der Waals surface area contributed by atoms with Gasteiger partial charge in [-0.15, -0.1) is 0 Å². The highest BCUT2D eigenvalue weighted by atomic mass is 16.1. The summed E-state index contributed by atoms with van der Waals surface area (Å²) in [5.41, 5.74) is 3.36. The van der Waals surface area contributed by atoms with Gasteiger partial charge in [-0.2, -0.15) is 0 Å². The minimum absolute atomic E-state index is 0.0243. The Bertz CT molecular complexity index is 681. The second-order valence-corrected chi connectivity index (χ2v) is 7.52. The molecule has 2 aromatic rings. The summed E-state index contributed by atoms with van der Waals surface area (Å²) in [7, 11) is 0. The quantitative estimate of drug-likeness (QED) is 0.756. The molecule has 1 saturated heterocycles. The first-order valence-electron chi connectivity index (χ1n) is 9.84. The molecule has 1 N–H and O–H groups in total. The van der Waals surface area contributed by atoms with Gasteiger partial charge in [0, 0.05) is 25.2 Å². The fraction of sp³-hybridized carbons (Fsp3) is 0.435. The van der Waals surface area contributed by atoms with Crippen molar-refractivity contribution in [3.8, 4) is 0 Å². The van der Waals surface area contributed by atoms with Gasteiger partial charge in [0.2, 0.25) is 0 Å². The van der Waals surface area contributed by atoms with Crippen molar-refractivity contribution in [2.24, 2.45) is 5.92 Å². The van der Waals surface area contributed by atoms with Crippen molar-refractivity contribution < 1.29 is 4.79 Å². The van der Waals surface area contributed by atoms with Crippen LogP contribution in [0.1, 0.15) is 47.7 Å². The second kappa shape index (κ2) is 9.54. The SMILES string of the molecule is C[C@H]1CCCN(Cc2ccc(C(=O)NCCCc3ccccc3)cc2)C1. The molecule has 0 bridgehead atoms. The second-order valence-electron chi connectivity index (χ2n) is 7.52. The lowest BCUT2D eigenvalue weighted by atomic mass is 9.99. The van der Waals surface area contributed by atoms with Crippen molar-refractivity contribution in [2.75, 3.05) is 19.6 Å². The zero-order valence-corrected chi connectivity index (χ0v) is 15.8. The maximum absolute atomic E-state index is 12.3. The Balaban J connectivity index is 1.41. The number of likely N-dealkylation sites (tertiary alicyclic amines) is 1. The highest BCUT2D eigenvalue weighted by Crippen LogP contribution is 2.18. The summed E-state index contributed by atoms with van der Waals surface area (Å²) in [6.45, 7) is 6.40. The van der Waals surface area contributed by atoms with E-state index >= 15 is 0 Å². The average molecular weight is 351 g/mol. The number of benzene rings is 2. The van der Waals surface area contributed by atoms with Crippen molar-refractivity contribution in [3.05, 3.63) is 71.3 Å². The van der Waals surface area contributed by atoms with Crippen molar-refractivity contribution in [3.63, 3.8) is 0 Å². The molecule has 0 saturated carbocycles. The monoisotopic (exact) mass is 350 g/mol. The first-order valence-corrected chi connectivity index (χ1v) is 9.84. The third-order valence-corrected chi connectivity index (χ3v) is 5.13. The number of hydrogen-bond donors (Lipinski definition) is 1. The number of carbonyl (C=O) groups is 1. The fourth-order valence-corrected chi connectivity index (χ4v) is 3.69. The topological polar surface area (TPSA) is 32.3 Å². The van der Waals surface area contributed by atoms with Gasteiger partial charge in [0.05, 0.1) is 0 Å². The molecule has 2 aromatic carbocycles. The predicted octanol–water partition coefficient (Wildman–Crippen LogP) is 4.28. The van der Waals surface area contributed by atoms with Gasteiger partial charge in [-0.3, -0.25) is 9.69 Å². The first kappa shape index (κ1) is 18.7. The lowest BCUT2D eigenvalue weighted by molar-refractivity contribution is 0.0953. The van der Waals surface area contributed by atoms with Gasteiger partial charge in [0.1, 0.15) is 0 Å². The van der Waals surface area contributed by atoms with Crippen molar-refractivity contribution in [2.45, 2.75) is 39.2 Å². The summed E-state index contributed by atoms with van der Waals surface area (Å²) in [6.07, 6.45) is 4.60. The molecule has 0 spiro atoms. The maximum Gasteiger partial charge on any atom is 0.251 e. The Kier molecular flexibility index (Phi) is 6.84. The molecule has 1 amide bonds. The van der Waals surface area contributed by atoms with Gasteiger partial charge < -0.3 is 5.32 Å². The van der Waals surface area contributed by atoms with E-state index in [2.05, 4.69) is 53.5 Å². The number of carbonyl (C=O) groups excluding carboxylic acids is 1. The molecular weight excluding hydrogens is 320 g/mol. The summed E-state index contributed by atoms with van der Waals surface area (Å²) >= 11 is 0. The molecule has 0 aliphatic carbocycles. The highest BCUT2D eigenvalue weighted by Gasteiger charge is 2.16. The Morgan fingerprint density at radius 2 is 1.85 bits per heavy atom. The lowest BCUT2D eigenvalue weighted by Crippen LogP contribution is -2.33. The van der Waals surface area contributed by atoms with Crippen LogP contribution in [-0.2, 0) is 13.0 Å². The smallest absolute Gasteiger partial charge is 0.251 e. The first-order chi connectivity index (χ1) is 12.7. The molecule has 0 radical (unpaired) electrons. The van der Waals surface area contributed by atoms with Crippen molar-refractivity contribution in [1.82, 2.24) is 10.2 Å². The van der Waals surface area contributed by atoms with Crippen LogP contribution in [-0.4, -0.2) is 30.4 Å². The maximum atomic E-state index is 12.3. The fourth-order valence-electron chi connectivity index (χ4n) is 3.69. The van der Waals surface area contributed by atoms with Gasteiger partial charge in [-0.1, -0.05) is 49.4 Å². The van der Waals surface area contributed by atoms with Crippen molar-refractivity contribution in [1.29, 1.82) is 0 Å². The molecule has 3 heteroatoms. The van der Waals surface area contributed by atoms with Crippen LogP contribution in [0.3, 0.4) is 0 Å². The van der Waals surface area contributed by atoms with Crippen LogP contribution in [0.2, 0.25) is 0 Å². The molecule has 1 aliphatic rings. The standard InChI is InChI=1S/C23H30N2O/c1-19-7-6-16-25(17-19)18-21-11-13-22(14-12-21)23(26)24-15-5-10-20-8-3-2-4-9-20/h2-4,8-9,11-14,19H,5-7,10,15-18H2,1H3,(H,24,26)/t19-/m0/s1.